The number of nitrogens with one attached hydrogen (secondary N) is 2. The summed E-state index contributed by atoms with van der Waals surface area (Å²) in [6.07, 6.45) is 0. The molecular formula is C9H9F2N3O. The fourth-order valence-electron chi connectivity index (χ4n) is 1.38. The van der Waals surface area contributed by atoms with Crippen molar-refractivity contribution >= 4 is 11.0 Å². The van der Waals surface area contributed by atoms with Crippen LogP contribution in [0.2, 0.25) is 0 Å². The van der Waals surface area contributed by atoms with Gasteiger partial charge in [0.25, 0.3) is 5.92 Å². The molecule has 0 saturated carbocycles. The van der Waals surface area contributed by atoms with Gasteiger partial charge in [0.2, 0.25) is 0 Å². The van der Waals surface area contributed by atoms with Crippen LogP contribution in [0.3, 0.4) is 0 Å². The first-order chi connectivity index (χ1) is 7.03. The van der Waals surface area contributed by atoms with Crippen molar-refractivity contribution in [1.29, 1.82) is 0 Å². The normalized spacial score (nSPS) is 12.2. The minimum Gasteiger partial charge on any atom is -0.325 e. The smallest absolute Gasteiger partial charge is 0.323 e. The molecule has 0 bridgehead atoms. The summed E-state index contributed by atoms with van der Waals surface area (Å²) in [5, 5.41) is 0. The molecule has 0 aliphatic rings. The first-order valence-corrected chi connectivity index (χ1v) is 4.33. The lowest BCUT2D eigenvalue weighted by Gasteiger charge is -2.13. The third kappa shape index (κ3) is 1.63. The van der Waals surface area contributed by atoms with Gasteiger partial charge in [0.05, 0.1) is 17.6 Å². The molecule has 1 aromatic carbocycles. The van der Waals surface area contributed by atoms with E-state index in [0.717, 1.165) is 0 Å². The molecule has 80 valence electrons. The Balaban J connectivity index is 2.60. The van der Waals surface area contributed by atoms with Crippen molar-refractivity contribution in [3.63, 3.8) is 0 Å². The van der Waals surface area contributed by atoms with Gasteiger partial charge in [-0.15, -0.1) is 0 Å². The number of halogens is 2. The summed E-state index contributed by atoms with van der Waals surface area (Å²) in [4.78, 5) is 15.8. The van der Waals surface area contributed by atoms with E-state index in [0.29, 0.717) is 11.0 Å². The van der Waals surface area contributed by atoms with Crippen molar-refractivity contribution < 1.29 is 8.78 Å². The standard InChI is InChI=1S/C9H9F2N3O/c10-9(11,4-12)5-1-2-6-7(3-5)14-8(15)13-6/h1-3H,4,12H2,(H2,13,14,15). The summed E-state index contributed by atoms with van der Waals surface area (Å²) >= 11 is 0. The Kier molecular flexibility index (Phi) is 2.08. The summed E-state index contributed by atoms with van der Waals surface area (Å²) in [6.45, 7) is -0.757. The van der Waals surface area contributed by atoms with Gasteiger partial charge in [0.15, 0.2) is 0 Å². The van der Waals surface area contributed by atoms with Gasteiger partial charge in [0.1, 0.15) is 0 Å². The fraction of sp³-hybridized carbons (Fsp3) is 0.222. The number of H-pyrrole nitrogens is 2. The van der Waals surface area contributed by atoms with Crippen LogP contribution < -0.4 is 11.4 Å². The molecule has 0 aliphatic carbocycles. The van der Waals surface area contributed by atoms with Crippen LogP contribution >= 0.6 is 0 Å². The SMILES string of the molecule is NCC(F)(F)c1ccc2[nH]c(=O)[nH]c2c1. The zero-order chi connectivity index (χ0) is 11.1. The van der Waals surface area contributed by atoms with Gasteiger partial charge in [-0.3, -0.25) is 0 Å². The maximum absolute atomic E-state index is 13.2. The predicted molar refractivity (Wildman–Crippen MR) is 51.9 cm³/mol. The lowest BCUT2D eigenvalue weighted by atomic mass is 10.1. The topological polar surface area (TPSA) is 74.7 Å². The molecule has 1 heterocycles. The number of imidazole rings is 1. The van der Waals surface area contributed by atoms with Gasteiger partial charge in [-0.25, -0.2) is 4.79 Å². The van der Waals surface area contributed by atoms with Gasteiger partial charge in [-0.05, 0) is 12.1 Å². The molecule has 4 N–H and O–H groups in total. The van der Waals surface area contributed by atoms with Gasteiger partial charge >= 0.3 is 5.69 Å². The lowest BCUT2D eigenvalue weighted by Crippen LogP contribution is -2.24. The van der Waals surface area contributed by atoms with Gasteiger partial charge in [-0.1, -0.05) is 6.07 Å². The number of hydrogen-bond donors (Lipinski definition) is 3. The number of fused-ring (bicyclic) bond motifs is 1. The number of aromatic amines is 2. The van der Waals surface area contributed by atoms with E-state index in [1.165, 1.54) is 18.2 Å². The molecule has 4 nitrogen and oxygen atoms in total. The van der Waals surface area contributed by atoms with E-state index in [4.69, 9.17) is 5.73 Å². The maximum Gasteiger partial charge on any atom is 0.323 e. The number of hydrogen-bond acceptors (Lipinski definition) is 2. The Morgan fingerprint density at radius 3 is 2.60 bits per heavy atom. The van der Waals surface area contributed by atoms with Crippen molar-refractivity contribution in [2.24, 2.45) is 5.73 Å². The number of nitrogens with two attached hydrogens (primary N) is 1. The van der Waals surface area contributed by atoms with Crippen molar-refractivity contribution in [1.82, 2.24) is 9.97 Å². The highest BCUT2D eigenvalue weighted by Gasteiger charge is 2.29. The van der Waals surface area contributed by atoms with Crippen LogP contribution in [-0.2, 0) is 5.92 Å². The molecule has 0 fully saturated rings. The van der Waals surface area contributed by atoms with E-state index in [9.17, 15) is 13.6 Å². The zero-order valence-corrected chi connectivity index (χ0v) is 7.68. The number of alkyl halides is 2. The Labute approximate surface area is 83.1 Å². The van der Waals surface area contributed by atoms with E-state index < -0.39 is 18.2 Å². The van der Waals surface area contributed by atoms with Crippen LogP contribution in [0.15, 0.2) is 23.0 Å². The predicted octanol–water partition coefficient (Wildman–Crippen LogP) is 0.907. The molecular weight excluding hydrogens is 204 g/mol. The molecule has 0 amide bonds. The molecule has 6 heteroatoms. The molecule has 15 heavy (non-hydrogen) atoms. The maximum atomic E-state index is 13.2. The highest BCUT2D eigenvalue weighted by molar-refractivity contribution is 5.75. The molecule has 0 unspecified atom stereocenters. The number of aromatic nitrogens is 2. The highest BCUT2D eigenvalue weighted by atomic mass is 19.3. The summed E-state index contributed by atoms with van der Waals surface area (Å²) in [5.74, 6) is -3.07. The van der Waals surface area contributed by atoms with Crippen LogP contribution in [0.4, 0.5) is 8.78 Å². The average molecular weight is 213 g/mol. The molecule has 0 radical (unpaired) electrons. The first kappa shape index (κ1) is 9.85. The van der Waals surface area contributed by atoms with E-state index in [1.54, 1.807) is 0 Å². The van der Waals surface area contributed by atoms with Gasteiger partial charge in [0, 0.05) is 5.56 Å². The summed E-state index contributed by atoms with van der Waals surface area (Å²) in [7, 11) is 0. The molecule has 1 aromatic heterocycles. The van der Waals surface area contributed by atoms with Crippen LogP contribution in [0.1, 0.15) is 5.56 Å². The van der Waals surface area contributed by atoms with E-state index in [2.05, 4.69) is 9.97 Å². The van der Waals surface area contributed by atoms with Crippen molar-refractivity contribution in [3.8, 4) is 0 Å². The molecule has 2 rings (SSSR count). The monoisotopic (exact) mass is 213 g/mol. The van der Waals surface area contributed by atoms with E-state index in [-0.39, 0.29) is 5.56 Å². The number of rotatable bonds is 2. The first-order valence-electron chi connectivity index (χ1n) is 4.33. The summed E-state index contributed by atoms with van der Waals surface area (Å²) in [5.41, 5.74) is 5.19. The van der Waals surface area contributed by atoms with Crippen LogP contribution in [0.25, 0.3) is 11.0 Å². The Bertz CT molecular complexity index is 544. The van der Waals surface area contributed by atoms with Crippen LogP contribution in [0.5, 0.6) is 0 Å². The summed E-state index contributed by atoms with van der Waals surface area (Å²) < 4.78 is 26.4. The Morgan fingerprint density at radius 1 is 1.27 bits per heavy atom. The Morgan fingerprint density at radius 2 is 1.93 bits per heavy atom. The third-order valence-electron chi connectivity index (χ3n) is 2.19. The second kappa shape index (κ2) is 3.16. The number of benzene rings is 1. The quantitative estimate of drug-likeness (QED) is 0.693. The summed E-state index contributed by atoms with van der Waals surface area (Å²) in [6, 6.07) is 3.89. The van der Waals surface area contributed by atoms with Gasteiger partial charge in [-0.2, -0.15) is 8.78 Å². The second-order valence-corrected chi connectivity index (χ2v) is 3.25. The van der Waals surface area contributed by atoms with E-state index in [1.807, 2.05) is 0 Å². The van der Waals surface area contributed by atoms with Crippen LogP contribution in [0, 0.1) is 0 Å². The molecule has 0 atom stereocenters. The minimum atomic E-state index is -3.07. The lowest BCUT2D eigenvalue weighted by molar-refractivity contribution is 0.00607. The fourth-order valence-corrected chi connectivity index (χ4v) is 1.38. The third-order valence-corrected chi connectivity index (χ3v) is 2.19. The Hall–Kier alpha value is -1.69. The average Bonchev–Trinajstić information content (AvgIpc) is 2.56. The largest absolute Gasteiger partial charge is 0.325 e. The van der Waals surface area contributed by atoms with Crippen molar-refractivity contribution in [3.05, 3.63) is 34.2 Å². The van der Waals surface area contributed by atoms with Gasteiger partial charge < -0.3 is 15.7 Å². The van der Waals surface area contributed by atoms with Crippen molar-refractivity contribution in [2.75, 3.05) is 6.54 Å². The second-order valence-electron chi connectivity index (χ2n) is 3.25. The highest BCUT2D eigenvalue weighted by Crippen LogP contribution is 2.27. The minimum absolute atomic E-state index is 0.201. The molecule has 0 spiro atoms. The molecule has 0 aliphatic heterocycles. The van der Waals surface area contributed by atoms with Crippen molar-refractivity contribution in [2.45, 2.75) is 5.92 Å². The molecule has 0 saturated heterocycles. The molecule has 2 aromatic rings. The van der Waals surface area contributed by atoms with Crippen LogP contribution in [-0.4, -0.2) is 16.5 Å². The zero-order valence-electron chi connectivity index (χ0n) is 7.68. The van der Waals surface area contributed by atoms with E-state index >= 15 is 0 Å².